The molecule has 1 aromatic carbocycles. The Hall–Kier alpha value is -1.64. The van der Waals surface area contributed by atoms with E-state index in [-0.39, 0.29) is 12.1 Å². The largest absolute Gasteiger partial charge is 0.477 e. The molecule has 0 spiro atoms. The lowest BCUT2D eigenvalue weighted by molar-refractivity contribution is -0.129. The zero-order chi connectivity index (χ0) is 13.1. The molecule has 94 valence electrons. The maximum absolute atomic E-state index is 11.8. The van der Waals surface area contributed by atoms with Crippen LogP contribution in [0.1, 0.15) is 6.42 Å². The molecule has 1 aliphatic rings. The monoisotopic (exact) mass is 360 g/mol. The van der Waals surface area contributed by atoms with E-state index in [0.29, 0.717) is 5.69 Å². The second-order valence-electron chi connectivity index (χ2n) is 3.61. The highest BCUT2D eigenvalue weighted by Gasteiger charge is 2.31. The van der Waals surface area contributed by atoms with Crippen LogP contribution >= 0.6 is 22.6 Å². The quantitative estimate of drug-likeness (QED) is 0.799. The van der Waals surface area contributed by atoms with Crippen molar-refractivity contribution in [1.82, 2.24) is 0 Å². The number of nitrogens with one attached hydrogen (secondary N) is 1. The van der Waals surface area contributed by atoms with E-state index in [0.717, 1.165) is 3.57 Å². The molecule has 2 rings (SSSR count). The molecule has 0 bridgehead atoms. The molecule has 1 heterocycles. The zero-order valence-electron chi connectivity index (χ0n) is 9.09. The molecule has 1 aliphatic heterocycles. The molecule has 18 heavy (non-hydrogen) atoms. The number of anilines is 1. The van der Waals surface area contributed by atoms with Gasteiger partial charge in [-0.1, -0.05) is 17.3 Å². The molecule has 0 fully saturated rings. The maximum Gasteiger partial charge on any atom is 0.353 e. The predicted octanol–water partition coefficient (Wildman–Crippen LogP) is 1.46. The summed E-state index contributed by atoms with van der Waals surface area (Å²) in [5.41, 5.74) is 0.522. The maximum atomic E-state index is 11.8. The molecular weight excluding hydrogens is 351 g/mol. The van der Waals surface area contributed by atoms with Gasteiger partial charge in [0.2, 0.25) is 6.10 Å². The molecule has 0 aromatic heterocycles. The highest BCUT2D eigenvalue weighted by atomic mass is 127. The number of oxime groups is 1. The number of hydrogen-bond acceptors (Lipinski definition) is 4. The van der Waals surface area contributed by atoms with Crippen LogP contribution in [-0.2, 0) is 14.4 Å². The first-order valence-corrected chi connectivity index (χ1v) is 6.17. The van der Waals surface area contributed by atoms with Crippen molar-refractivity contribution in [3.8, 4) is 0 Å². The van der Waals surface area contributed by atoms with Crippen molar-refractivity contribution in [2.45, 2.75) is 12.5 Å². The van der Waals surface area contributed by atoms with E-state index in [1.165, 1.54) is 0 Å². The molecule has 2 N–H and O–H groups in total. The van der Waals surface area contributed by atoms with Gasteiger partial charge in [0.15, 0.2) is 5.71 Å². The summed E-state index contributed by atoms with van der Waals surface area (Å²) in [7, 11) is 0. The molecule has 0 saturated heterocycles. The second kappa shape index (κ2) is 5.34. The molecular formula is C11H9IN2O4. The SMILES string of the molecule is O=C(O)C1=NOC(C(=O)Nc2ccccc2I)C1. The highest BCUT2D eigenvalue weighted by molar-refractivity contribution is 14.1. The molecule has 0 aliphatic carbocycles. The first-order valence-electron chi connectivity index (χ1n) is 5.09. The Bertz CT molecular complexity index is 530. The number of carboxylic acid groups (broad SMARTS) is 1. The Morgan fingerprint density at radius 3 is 2.78 bits per heavy atom. The molecule has 6 nitrogen and oxygen atoms in total. The summed E-state index contributed by atoms with van der Waals surface area (Å²) < 4.78 is 0.890. The van der Waals surface area contributed by atoms with E-state index in [4.69, 9.17) is 9.94 Å². The van der Waals surface area contributed by atoms with Crippen LogP contribution in [0.15, 0.2) is 29.4 Å². The normalized spacial score (nSPS) is 17.8. The third kappa shape index (κ3) is 2.78. The Kier molecular flexibility index (Phi) is 3.80. The fraction of sp³-hybridized carbons (Fsp3) is 0.182. The van der Waals surface area contributed by atoms with Gasteiger partial charge in [-0.05, 0) is 34.7 Å². The van der Waals surface area contributed by atoms with Gasteiger partial charge in [0.1, 0.15) is 0 Å². The number of nitrogens with zero attached hydrogens (tertiary/aromatic N) is 1. The van der Waals surface area contributed by atoms with E-state index in [1.54, 1.807) is 12.1 Å². The van der Waals surface area contributed by atoms with Gasteiger partial charge >= 0.3 is 5.97 Å². The van der Waals surface area contributed by atoms with Gasteiger partial charge in [0.25, 0.3) is 5.91 Å². The van der Waals surface area contributed by atoms with Gasteiger partial charge in [-0.3, -0.25) is 4.79 Å². The minimum absolute atomic E-state index is 0.0232. The Morgan fingerprint density at radius 1 is 1.44 bits per heavy atom. The van der Waals surface area contributed by atoms with E-state index in [9.17, 15) is 9.59 Å². The Morgan fingerprint density at radius 2 is 2.17 bits per heavy atom. The number of para-hydroxylation sites is 1. The first-order chi connectivity index (χ1) is 8.58. The van der Waals surface area contributed by atoms with Crippen molar-refractivity contribution in [1.29, 1.82) is 0 Å². The molecule has 1 unspecified atom stereocenters. The van der Waals surface area contributed by atoms with Crippen LogP contribution in [0.25, 0.3) is 0 Å². The summed E-state index contributed by atoms with van der Waals surface area (Å²) in [6.07, 6.45) is -0.906. The van der Waals surface area contributed by atoms with Crippen LogP contribution in [0, 0.1) is 3.57 Å². The minimum atomic E-state index is -1.17. The lowest BCUT2D eigenvalue weighted by atomic mass is 10.1. The van der Waals surface area contributed by atoms with Crippen LogP contribution in [0.5, 0.6) is 0 Å². The molecule has 7 heteroatoms. The van der Waals surface area contributed by atoms with Crippen molar-refractivity contribution in [2.75, 3.05) is 5.32 Å². The number of carboxylic acids is 1. The third-order valence-corrected chi connectivity index (χ3v) is 3.28. The van der Waals surface area contributed by atoms with Crippen LogP contribution in [-0.4, -0.2) is 28.8 Å². The van der Waals surface area contributed by atoms with Crippen LogP contribution in [0.3, 0.4) is 0 Å². The number of hydrogen-bond donors (Lipinski definition) is 2. The smallest absolute Gasteiger partial charge is 0.353 e. The lowest BCUT2D eigenvalue weighted by Crippen LogP contribution is -2.29. The van der Waals surface area contributed by atoms with Gasteiger partial charge in [-0.15, -0.1) is 0 Å². The molecule has 1 aromatic rings. The fourth-order valence-corrected chi connectivity index (χ4v) is 1.94. The van der Waals surface area contributed by atoms with Gasteiger partial charge in [0, 0.05) is 9.99 Å². The van der Waals surface area contributed by atoms with Gasteiger partial charge in [-0.25, -0.2) is 4.79 Å². The van der Waals surface area contributed by atoms with Crippen LogP contribution < -0.4 is 5.32 Å². The molecule has 0 saturated carbocycles. The number of benzene rings is 1. The van der Waals surface area contributed by atoms with Crippen LogP contribution in [0.4, 0.5) is 5.69 Å². The van der Waals surface area contributed by atoms with Crippen molar-refractivity contribution < 1.29 is 19.5 Å². The summed E-state index contributed by atoms with van der Waals surface area (Å²) >= 11 is 2.09. The predicted molar refractivity (Wildman–Crippen MR) is 72.3 cm³/mol. The Labute approximate surface area is 116 Å². The lowest BCUT2D eigenvalue weighted by Gasteiger charge is -2.10. The minimum Gasteiger partial charge on any atom is -0.477 e. The van der Waals surface area contributed by atoms with E-state index >= 15 is 0 Å². The topological polar surface area (TPSA) is 88.0 Å². The molecule has 0 radical (unpaired) electrons. The Balaban J connectivity index is 1.99. The summed E-state index contributed by atoms with van der Waals surface area (Å²) in [5, 5.41) is 14.7. The number of carbonyl (C=O) groups excluding carboxylic acids is 1. The third-order valence-electron chi connectivity index (χ3n) is 2.34. The number of halogens is 1. The summed E-state index contributed by atoms with van der Waals surface area (Å²) in [5.74, 6) is -1.57. The zero-order valence-corrected chi connectivity index (χ0v) is 11.2. The summed E-state index contributed by atoms with van der Waals surface area (Å²) in [6.45, 7) is 0. The average Bonchev–Trinajstić information content (AvgIpc) is 2.81. The number of carbonyl (C=O) groups is 2. The highest BCUT2D eigenvalue weighted by Crippen LogP contribution is 2.19. The van der Waals surface area contributed by atoms with Gasteiger partial charge < -0.3 is 15.3 Å². The van der Waals surface area contributed by atoms with Gasteiger partial charge in [0.05, 0.1) is 5.69 Å². The van der Waals surface area contributed by atoms with Crippen LogP contribution in [0.2, 0.25) is 0 Å². The van der Waals surface area contributed by atoms with Crippen molar-refractivity contribution in [3.05, 3.63) is 27.8 Å². The van der Waals surface area contributed by atoms with Crippen molar-refractivity contribution >= 4 is 45.9 Å². The van der Waals surface area contributed by atoms with E-state index in [1.807, 2.05) is 12.1 Å². The molecule has 1 atom stereocenters. The van der Waals surface area contributed by atoms with Crippen molar-refractivity contribution in [3.63, 3.8) is 0 Å². The van der Waals surface area contributed by atoms with Crippen molar-refractivity contribution in [2.24, 2.45) is 5.16 Å². The number of aliphatic carboxylic acids is 1. The second-order valence-corrected chi connectivity index (χ2v) is 4.77. The molecule has 1 amide bonds. The summed E-state index contributed by atoms with van der Waals surface area (Å²) in [6, 6.07) is 7.26. The van der Waals surface area contributed by atoms with E-state index in [2.05, 4.69) is 33.1 Å². The standard InChI is InChI=1S/C11H9IN2O4/c12-6-3-1-2-4-7(6)13-10(15)9-5-8(11(16)17)14-18-9/h1-4,9H,5H2,(H,13,15)(H,16,17). The fourth-order valence-electron chi connectivity index (χ4n) is 1.42. The summed E-state index contributed by atoms with van der Waals surface area (Å²) in [4.78, 5) is 27.3. The van der Waals surface area contributed by atoms with Gasteiger partial charge in [-0.2, -0.15) is 0 Å². The van der Waals surface area contributed by atoms with E-state index < -0.39 is 18.0 Å². The first kappa shape index (κ1) is 12.8. The number of rotatable bonds is 3. The average molecular weight is 360 g/mol. The number of amides is 1.